The molecule has 0 amide bonds. The Bertz CT molecular complexity index is 346. The maximum atomic E-state index is 11.7. The van der Waals surface area contributed by atoms with Gasteiger partial charge in [0, 0.05) is 18.9 Å². The fourth-order valence-corrected chi connectivity index (χ4v) is 1.65. The highest BCUT2D eigenvalue weighted by Gasteiger charge is 2.10. The number of benzene rings is 1. The van der Waals surface area contributed by atoms with Gasteiger partial charge in [-0.05, 0) is 24.0 Å². The second-order valence-electron chi connectivity index (χ2n) is 4.30. The van der Waals surface area contributed by atoms with Gasteiger partial charge in [0.2, 0.25) is 0 Å². The molecule has 1 atom stereocenters. The van der Waals surface area contributed by atoms with Crippen LogP contribution in [0.2, 0.25) is 0 Å². The van der Waals surface area contributed by atoms with Crippen molar-refractivity contribution in [2.24, 2.45) is 11.7 Å². The number of hydrogen-bond donors (Lipinski definition) is 1. The van der Waals surface area contributed by atoms with Gasteiger partial charge >= 0.3 is 0 Å². The van der Waals surface area contributed by atoms with Crippen LogP contribution in [0.3, 0.4) is 0 Å². The van der Waals surface area contributed by atoms with E-state index >= 15 is 0 Å². The molecule has 0 aliphatic heterocycles. The van der Waals surface area contributed by atoms with E-state index in [4.69, 9.17) is 5.73 Å². The molecule has 1 rings (SSSR count). The van der Waals surface area contributed by atoms with Crippen molar-refractivity contribution in [2.75, 3.05) is 0 Å². The van der Waals surface area contributed by atoms with Gasteiger partial charge in [-0.3, -0.25) is 4.79 Å². The zero-order chi connectivity index (χ0) is 12.0. The minimum atomic E-state index is 0.192. The van der Waals surface area contributed by atoms with E-state index in [1.165, 1.54) is 5.56 Å². The highest BCUT2D eigenvalue weighted by atomic mass is 16.1. The molecule has 0 aliphatic carbocycles. The van der Waals surface area contributed by atoms with E-state index in [2.05, 4.69) is 19.1 Å². The lowest BCUT2D eigenvalue weighted by atomic mass is 9.97. The first-order valence-corrected chi connectivity index (χ1v) is 5.98. The standard InChI is InChI=1S/C14H21NO/c1-3-11(2)14(16)8-7-12-5-4-6-13(9-12)10-15/h4-6,9,11H,3,7-8,10,15H2,1-2H3. The molecule has 2 N–H and O–H groups in total. The van der Waals surface area contributed by atoms with Gasteiger partial charge in [-0.1, -0.05) is 38.1 Å². The fraction of sp³-hybridized carbons (Fsp3) is 0.500. The Morgan fingerprint density at radius 1 is 1.38 bits per heavy atom. The summed E-state index contributed by atoms with van der Waals surface area (Å²) in [6, 6.07) is 8.16. The second kappa shape index (κ2) is 6.44. The maximum absolute atomic E-state index is 11.7. The van der Waals surface area contributed by atoms with Crippen LogP contribution in [0.5, 0.6) is 0 Å². The summed E-state index contributed by atoms with van der Waals surface area (Å²) in [6.07, 6.45) is 2.40. The molecule has 2 nitrogen and oxygen atoms in total. The van der Waals surface area contributed by atoms with Crippen LogP contribution in [0, 0.1) is 5.92 Å². The Morgan fingerprint density at radius 3 is 2.69 bits per heavy atom. The van der Waals surface area contributed by atoms with Crippen molar-refractivity contribution >= 4 is 5.78 Å². The van der Waals surface area contributed by atoms with Crippen LogP contribution < -0.4 is 5.73 Å². The predicted molar refractivity (Wildman–Crippen MR) is 67.1 cm³/mol. The van der Waals surface area contributed by atoms with Crippen LogP contribution in [-0.2, 0) is 17.8 Å². The summed E-state index contributed by atoms with van der Waals surface area (Å²) in [6.45, 7) is 4.61. The number of Topliss-reactive ketones (excluding diaryl/α,β-unsaturated/α-hetero) is 1. The van der Waals surface area contributed by atoms with Crippen molar-refractivity contribution in [1.29, 1.82) is 0 Å². The van der Waals surface area contributed by atoms with Crippen LogP contribution in [0.15, 0.2) is 24.3 Å². The van der Waals surface area contributed by atoms with E-state index in [1.54, 1.807) is 0 Å². The number of ketones is 1. The molecule has 0 saturated heterocycles. The monoisotopic (exact) mass is 219 g/mol. The van der Waals surface area contributed by atoms with Crippen molar-refractivity contribution in [3.63, 3.8) is 0 Å². The lowest BCUT2D eigenvalue weighted by Gasteiger charge is -2.07. The first-order valence-electron chi connectivity index (χ1n) is 5.98. The lowest BCUT2D eigenvalue weighted by Crippen LogP contribution is -2.10. The van der Waals surface area contributed by atoms with E-state index < -0.39 is 0 Å². The summed E-state index contributed by atoms with van der Waals surface area (Å²) in [4.78, 5) is 11.7. The Kier molecular flexibility index (Phi) is 5.20. The fourth-order valence-electron chi connectivity index (χ4n) is 1.65. The molecule has 88 valence electrons. The summed E-state index contributed by atoms with van der Waals surface area (Å²) in [7, 11) is 0. The SMILES string of the molecule is CCC(C)C(=O)CCc1cccc(CN)c1. The lowest BCUT2D eigenvalue weighted by molar-refractivity contribution is -0.122. The second-order valence-corrected chi connectivity index (χ2v) is 4.30. The van der Waals surface area contributed by atoms with Gasteiger partial charge in [-0.2, -0.15) is 0 Å². The van der Waals surface area contributed by atoms with E-state index in [9.17, 15) is 4.79 Å². The Hall–Kier alpha value is -1.15. The van der Waals surface area contributed by atoms with Crippen LogP contribution in [0.4, 0.5) is 0 Å². The zero-order valence-corrected chi connectivity index (χ0v) is 10.2. The summed E-state index contributed by atoms with van der Waals surface area (Å²) in [5.41, 5.74) is 7.92. The van der Waals surface area contributed by atoms with Crippen molar-refractivity contribution in [3.8, 4) is 0 Å². The molecule has 0 spiro atoms. The average molecular weight is 219 g/mol. The minimum absolute atomic E-state index is 0.192. The van der Waals surface area contributed by atoms with Gasteiger partial charge < -0.3 is 5.73 Å². The molecular weight excluding hydrogens is 198 g/mol. The van der Waals surface area contributed by atoms with Crippen molar-refractivity contribution in [1.82, 2.24) is 0 Å². The quantitative estimate of drug-likeness (QED) is 0.799. The van der Waals surface area contributed by atoms with Crippen LogP contribution >= 0.6 is 0 Å². The average Bonchev–Trinajstić information content (AvgIpc) is 2.35. The number of hydrogen-bond acceptors (Lipinski definition) is 2. The summed E-state index contributed by atoms with van der Waals surface area (Å²) >= 11 is 0. The number of rotatable bonds is 6. The molecule has 1 aromatic carbocycles. The Morgan fingerprint density at radius 2 is 2.06 bits per heavy atom. The first-order chi connectivity index (χ1) is 7.67. The van der Waals surface area contributed by atoms with Crippen LogP contribution in [-0.4, -0.2) is 5.78 Å². The van der Waals surface area contributed by atoms with E-state index in [0.29, 0.717) is 18.7 Å². The third kappa shape index (κ3) is 3.78. The summed E-state index contributed by atoms with van der Waals surface area (Å²) < 4.78 is 0. The van der Waals surface area contributed by atoms with Crippen molar-refractivity contribution in [3.05, 3.63) is 35.4 Å². The molecule has 0 saturated carbocycles. The van der Waals surface area contributed by atoms with Gasteiger partial charge in [0.25, 0.3) is 0 Å². The first kappa shape index (κ1) is 12.9. The molecule has 0 fully saturated rings. The van der Waals surface area contributed by atoms with Crippen molar-refractivity contribution in [2.45, 2.75) is 39.7 Å². The van der Waals surface area contributed by atoms with E-state index in [1.807, 2.05) is 19.1 Å². The van der Waals surface area contributed by atoms with Gasteiger partial charge in [-0.25, -0.2) is 0 Å². The minimum Gasteiger partial charge on any atom is -0.326 e. The number of carbonyl (C=O) groups excluding carboxylic acids is 1. The third-order valence-electron chi connectivity index (χ3n) is 3.05. The predicted octanol–water partition coefficient (Wildman–Crippen LogP) is 2.69. The molecule has 0 heterocycles. The molecule has 0 bridgehead atoms. The van der Waals surface area contributed by atoms with Gasteiger partial charge in [0.15, 0.2) is 0 Å². The number of carbonyl (C=O) groups is 1. The zero-order valence-electron chi connectivity index (χ0n) is 10.2. The molecule has 1 unspecified atom stereocenters. The normalized spacial score (nSPS) is 12.4. The van der Waals surface area contributed by atoms with Crippen molar-refractivity contribution < 1.29 is 4.79 Å². The number of aryl methyl sites for hydroxylation is 1. The summed E-state index contributed by atoms with van der Waals surface area (Å²) in [5, 5.41) is 0. The van der Waals surface area contributed by atoms with Crippen LogP contribution in [0.25, 0.3) is 0 Å². The molecule has 0 aliphatic rings. The highest BCUT2D eigenvalue weighted by molar-refractivity contribution is 5.80. The molecule has 0 radical (unpaired) electrons. The van der Waals surface area contributed by atoms with Gasteiger partial charge in [0.05, 0.1) is 0 Å². The molecular formula is C14H21NO. The Balaban J connectivity index is 2.51. The smallest absolute Gasteiger partial charge is 0.136 e. The van der Waals surface area contributed by atoms with Gasteiger partial charge in [0.1, 0.15) is 5.78 Å². The third-order valence-corrected chi connectivity index (χ3v) is 3.05. The molecule has 2 heteroatoms. The number of nitrogens with two attached hydrogens (primary N) is 1. The molecule has 1 aromatic rings. The topological polar surface area (TPSA) is 43.1 Å². The van der Waals surface area contributed by atoms with Gasteiger partial charge in [-0.15, -0.1) is 0 Å². The van der Waals surface area contributed by atoms with Crippen LogP contribution in [0.1, 0.15) is 37.8 Å². The van der Waals surface area contributed by atoms with E-state index in [-0.39, 0.29) is 5.92 Å². The van der Waals surface area contributed by atoms with E-state index in [0.717, 1.165) is 18.4 Å². The molecule has 16 heavy (non-hydrogen) atoms. The largest absolute Gasteiger partial charge is 0.326 e. The molecule has 0 aromatic heterocycles. The maximum Gasteiger partial charge on any atom is 0.136 e. The summed E-state index contributed by atoms with van der Waals surface area (Å²) in [5.74, 6) is 0.554. The highest BCUT2D eigenvalue weighted by Crippen LogP contribution is 2.11. The Labute approximate surface area is 97.9 Å².